The highest BCUT2D eigenvalue weighted by Crippen LogP contribution is 2.20. The number of aliphatic hydroxyl groups excluding tert-OH is 1. The minimum Gasteiger partial charge on any atom is -0.390 e. The van der Waals surface area contributed by atoms with Crippen LogP contribution in [0.2, 0.25) is 0 Å². The molecular weight excluding hydrogens is 200 g/mol. The highest BCUT2D eigenvalue weighted by Gasteiger charge is 2.06. The lowest BCUT2D eigenvalue weighted by atomic mass is 10.2. The van der Waals surface area contributed by atoms with Gasteiger partial charge in [-0.3, -0.25) is 0 Å². The van der Waals surface area contributed by atoms with Crippen LogP contribution in [-0.2, 0) is 13.2 Å². The van der Waals surface area contributed by atoms with Crippen LogP contribution >= 0.6 is 0 Å². The van der Waals surface area contributed by atoms with Gasteiger partial charge in [0.25, 0.3) is 0 Å². The number of aryl methyl sites for hydroxylation is 1. The van der Waals surface area contributed by atoms with Gasteiger partial charge < -0.3 is 9.67 Å². The Labute approximate surface area is 94.5 Å². The molecule has 0 aliphatic heterocycles. The number of para-hydroxylation sites is 1. The molecule has 2 rings (SSSR count). The summed E-state index contributed by atoms with van der Waals surface area (Å²) in [4.78, 5) is 0. The molecule has 0 bridgehead atoms. The molecule has 1 N–H and O–H groups in total. The van der Waals surface area contributed by atoms with Crippen LogP contribution < -0.4 is 0 Å². The molecule has 1 heterocycles. The van der Waals surface area contributed by atoms with Gasteiger partial charge in [0.15, 0.2) is 0 Å². The zero-order valence-corrected chi connectivity index (χ0v) is 9.06. The first kappa shape index (κ1) is 10.7. The Morgan fingerprint density at radius 1 is 1.31 bits per heavy atom. The van der Waals surface area contributed by atoms with Crippen molar-refractivity contribution in [1.29, 1.82) is 5.26 Å². The predicted octanol–water partition coefficient (Wildman–Crippen LogP) is 2.44. The fourth-order valence-electron chi connectivity index (χ4n) is 1.98. The number of benzene rings is 1. The topological polar surface area (TPSA) is 49.0 Å². The van der Waals surface area contributed by atoms with Crippen molar-refractivity contribution in [3.63, 3.8) is 0 Å². The molecule has 3 nitrogen and oxygen atoms in total. The van der Waals surface area contributed by atoms with Crippen molar-refractivity contribution in [2.75, 3.05) is 0 Å². The first-order chi connectivity index (χ1) is 7.86. The van der Waals surface area contributed by atoms with E-state index in [4.69, 9.17) is 5.26 Å². The maximum absolute atomic E-state index is 9.29. The number of hydrogen-bond donors (Lipinski definition) is 1. The minimum atomic E-state index is 0.0429. The van der Waals surface area contributed by atoms with Crippen LogP contribution in [0.25, 0.3) is 10.9 Å². The number of nitrogens with zero attached hydrogens (tertiary/aromatic N) is 2. The number of aliphatic hydroxyl groups is 1. The van der Waals surface area contributed by atoms with Crippen LogP contribution in [0.15, 0.2) is 30.3 Å². The van der Waals surface area contributed by atoms with Crippen molar-refractivity contribution in [3.8, 4) is 6.07 Å². The number of unbranched alkanes of at least 4 members (excludes halogenated alkanes) is 1. The van der Waals surface area contributed by atoms with Gasteiger partial charge in [0.05, 0.1) is 12.7 Å². The Kier molecular flexibility index (Phi) is 3.23. The Morgan fingerprint density at radius 3 is 2.88 bits per heavy atom. The average molecular weight is 214 g/mol. The predicted molar refractivity (Wildman–Crippen MR) is 62.7 cm³/mol. The average Bonchev–Trinajstić information content (AvgIpc) is 2.68. The van der Waals surface area contributed by atoms with E-state index in [0.29, 0.717) is 6.42 Å². The van der Waals surface area contributed by atoms with Crippen molar-refractivity contribution in [2.45, 2.75) is 26.0 Å². The maximum Gasteiger partial charge on any atom is 0.0833 e. The second-order valence-electron chi connectivity index (χ2n) is 3.77. The highest BCUT2D eigenvalue weighted by molar-refractivity contribution is 5.81. The highest BCUT2D eigenvalue weighted by atomic mass is 16.3. The first-order valence-electron chi connectivity index (χ1n) is 5.42. The third kappa shape index (κ3) is 1.93. The summed E-state index contributed by atoms with van der Waals surface area (Å²) < 4.78 is 2.09. The number of hydrogen-bond acceptors (Lipinski definition) is 2. The molecule has 82 valence electrons. The molecule has 0 radical (unpaired) electrons. The van der Waals surface area contributed by atoms with Crippen molar-refractivity contribution in [2.24, 2.45) is 0 Å². The summed E-state index contributed by atoms with van der Waals surface area (Å²) in [5.41, 5.74) is 2.05. The van der Waals surface area contributed by atoms with Gasteiger partial charge in [-0.15, -0.1) is 0 Å². The number of aromatic nitrogens is 1. The molecule has 0 unspecified atom stereocenters. The van der Waals surface area contributed by atoms with Crippen LogP contribution in [0, 0.1) is 11.3 Å². The third-order valence-electron chi connectivity index (χ3n) is 2.73. The van der Waals surface area contributed by atoms with Crippen molar-refractivity contribution in [3.05, 3.63) is 36.0 Å². The van der Waals surface area contributed by atoms with E-state index >= 15 is 0 Å². The first-order valence-corrected chi connectivity index (χ1v) is 5.42. The van der Waals surface area contributed by atoms with E-state index in [9.17, 15) is 5.11 Å². The van der Waals surface area contributed by atoms with Gasteiger partial charge in [-0.1, -0.05) is 18.2 Å². The SMILES string of the molecule is N#CCCCn1c(CO)cc2ccccc21. The number of fused-ring (bicyclic) bond motifs is 1. The summed E-state index contributed by atoms with van der Waals surface area (Å²) >= 11 is 0. The van der Waals surface area contributed by atoms with E-state index in [-0.39, 0.29) is 6.61 Å². The molecule has 0 spiro atoms. The molecule has 2 aromatic rings. The minimum absolute atomic E-state index is 0.0429. The largest absolute Gasteiger partial charge is 0.390 e. The van der Waals surface area contributed by atoms with E-state index in [1.165, 1.54) is 0 Å². The smallest absolute Gasteiger partial charge is 0.0833 e. The molecule has 3 heteroatoms. The van der Waals surface area contributed by atoms with Crippen LogP contribution in [0.1, 0.15) is 18.5 Å². The molecule has 0 saturated carbocycles. The van der Waals surface area contributed by atoms with E-state index < -0.39 is 0 Å². The lowest BCUT2D eigenvalue weighted by Gasteiger charge is -2.07. The van der Waals surface area contributed by atoms with Crippen molar-refractivity contribution < 1.29 is 5.11 Å². The monoisotopic (exact) mass is 214 g/mol. The van der Waals surface area contributed by atoms with Gasteiger partial charge >= 0.3 is 0 Å². The number of nitriles is 1. The van der Waals surface area contributed by atoms with Gasteiger partial charge in [-0.05, 0) is 23.9 Å². The summed E-state index contributed by atoms with van der Waals surface area (Å²) in [7, 11) is 0. The molecule has 0 aliphatic carbocycles. The van der Waals surface area contributed by atoms with Crippen LogP contribution in [0.3, 0.4) is 0 Å². The van der Waals surface area contributed by atoms with Crippen LogP contribution in [-0.4, -0.2) is 9.67 Å². The summed E-state index contributed by atoms with van der Waals surface area (Å²) in [6.07, 6.45) is 1.37. The molecule has 1 aromatic heterocycles. The second kappa shape index (κ2) is 4.82. The standard InChI is InChI=1S/C13H14N2O/c14-7-3-4-8-15-12(10-16)9-11-5-1-2-6-13(11)15/h1-2,5-6,9,16H,3-4,8,10H2. The fourth-order valence-corrected chi connectivity index (χ4v) is 1.98. The lowest BCUT2D eigenvalue weighted by Crippen LogP contribution is -2.02. The normalized spacial score (nSPS) is 10.5. The Morgan fingerprint density at radius 2 is 2.12 bits per heavy atom. The van der Waals surface area contributed by atoms with Crippen molar-refractivity contribution >= 4 is 10.9 Å². The quantitative estimate of drug-likeness (QED) is 0.795. The zero-order chi connectivity index (χ0) is 11.4. The molecular formula is C13H14N2O. The summed E-state index contributed by atoms with van der Waals surface area (Å²) in [6, 6.07) is 12.2. The molecule has 0 amide bonds. The van der Waals surface area contributed by atoms with E-state index in [1.807, 2.05) is 30.3 Å². The molecule has 0 saturated heterocycles. The molecule has 0 atom stereocenters. The maximum atomic E-state index is 9.29. The Bertz CT molecular complexity index is 522. The third-order valence-corrected chi connectivity index (χ3v) is 2.73. The van der Waals surface area contributed by atoms with Crippen LogP contribution in [0.4, 0.5) is 0 Å². The van der Waals surface area contributed by atoms with E-state index in [0.717, 1.165) is 29.6 Å². The number of rotatable bonds is 4. The van der Waals surface area contributed by atoms with Gasteiger partial charge in [0.1, 0.15) is 0 Å². The van der Waals surface area contributed by atoms with E-state index in [1.54, 1.807) is 0 Å². The van der Waals surface area contributed by atoms with Gasteiger partial charge in [-0.2, -0.15) is 5.26 Å². The molecule has 0 aliphatic rings. The van der Waals surface area contributed by atoms with E-state index in [2.05, 4.69) is 10.6 Å². The van der Waals surface area contributed by atoms with Crippen molar-refractivity contribution in [1.82, 2.24) is 4.57 Å². The van der Waals surface area contributed by atoms with Gasteiger partial charge in [-0.25, -0.2) is 0 Å². The molecule has 1 aromatic carbocycles. The Balaban J connectivity index is 2.36. The summed E-state index contributed by atoms with van der Waals surface area (Å²) in [5, 5.41) is 19.0. The van der Waals surface area contributed by atoms with Gasteiger partial charge in [0.2, 0.25) is 0 Å². The fraction of sp³-hybridized carbons (Fsp3) is 0.308. The summed E-state index contributed by atoms with van der Waals surface area (Å²) in [6.45, 7) is 0.832. The zero-order valence-electron chi connectivity index (χ0n) is 9.06. The second-order valence-corrected chi connectivity index (χ2v) is 3.77. The van der Waals surface area contributed by atoms with Crippen LogP contribution in [0.5, 0.6) is 0 Å². The van der Waals surface area contributed by atoms with Gasteiger partial charge in [0, 0.05) is 24.2 Å². The summed E-state index contributed by atoms with van der Waals surface area (Å²) in [5.74, 6) is 0. The molecule has 0 fully saturated rings. The lowest BCUT2D eigenvalue weighted by molar-refractivity contribution is 0.271. The Hall–Kier alpha value is -1.79. The molecule has 16 heavy (non-hydrogen) atoms.